The molecule has 0 fully saturated rings. The molecule has 2 N–H and O–H groups in total. The quantitative estimate of drug-likeness (QED) is 0.691. The van der Waals surface area contributed by atoms with Gasteiger partial charge in [0.1, 0.15) is 0 Å². The predicted octanol–water partition coefficient (Wildman–Crippen LogP) is 3.16. The van der Waals surface area contributed by atoms with Crippen LogP contribution in [0, 0.1) is 4.77 Å². The van der Waals surface area contributed by atoms with Crippen LogP contribution in [0.2, 0.25) is 5.02 Å². The number of benzene rings is 2. The van der Waals surface area contributed by atoms with Crippen LogP contribution >= 0.6 is 23.8 Å². The number of amides is 1. The molecule has 0 atom stereocenters. The zero-order chi connectivity index (χ0) is 18.1. The van der Waals surface area contributed by atoms with Gasteiger partial charge in [-0.2, -0.15) is 4.68 Å². The van der Waals surface area contributed by atoms with Gasteiger partial charge in [-0.05, 0) is 54.7 Å². The normalized spacial score (nSPS) is 10.7. The SMILES string of the molecule is CN(C)c1ccc(C(=O)Nn2c(=S)[nH]c3ccc(Cl)cc3c2=O)cc1. The van der Waals surface area contributed by atoms with Gasteiger partial charge in [0.25, 0.3) is 11.5 Å². The number of fused-ring (bicyclic) bond motifs is 1. The molecular formula is C17H15ClN4O2S. The lowest BCUT2D eigenvalue weighted by Crippen LogP contribution is -2.34. The number of carbonyl (C=O) groups is 1. The van der Waals surface area contributed by atoms with Gasteiger partial charge in [-0.15, -0.1) is 0 Å². The molecule has 0 unspecified atom stereocenters. The van der Waals surface area contributed by atoms with E-state index in [0.29, 0.717) is 21.5 Å². The smallest absolute Gasteiger partial charge is 0.281 e. The van der Waals surface area contributed by atoms with Gasteiger partial charge in [-0.1, -0.05) is 11.6 Å². The van der Waals surface area contributed by atoms with E-state index in [9.17, 15) is 9.59 Å². The molecule has 0 aliphatic heterocycles. The van der Waals surface area contributed by atoms with Crippen LogP contribution in [0.3, 0.4) is 0 Å². The summed E-state index contributed by atoms with van der Waals surface area (Å²) in [6.45, 7) is 0. The van der Waals surface area contributed by atoms with Gasteiger partial charge in [0.15, 0.2) is 4.77 Å². The van der Waals surface area contributed by atoms with E-state index in [2.05, 4.69) is 10.4 Å². The molecule has 0 spiro atoms. The third kappa shape index (κ3) is 3.42. The van der Waals surface area contributed by atoms with Crippen LogP contribution in [-0.4, -0.2) is 29.7 Å². The number of aromatic nitrogens is 2. The van der Waals surface area contributed by atoms with Crippen LogP contribution in [0.15, 0.2) is 47.3 Å². The largest absolute Gasteiger partial charge is 0.378 e. The minimum absolute atomic E-state index is 0.0954. The van der Waals surface area contributed by atoms with Crippen molar-refractivity contribution in [3.63, 3.8) is 0 Å². The van der Waals surface area contributed by atoms with E-state index in [1.807, 2.05) is 31.1 Å². The van der Waals surface area contributed by atoms with Crippen molar-refractivity contribution in [3.05, 3.63) is 68.2 Å². The maximum atomic E-state index is 12.6. The summed E-state index contributed by atoms with van der Waals surface area (Å²) < 4.78 is 1.11. The summed E-state index contributed by atoms with van der Waals surface area (Å²) in [7, 11) is 3.82. The number of hydrogen-bond acceptors (Lipinski definition) is 4. The fraction of sp³-hybridized carbons (Fsp3) is 0.118. The first-order valence-corrected chi connectivity index (χ1v) is 8.19. The van der Waals surface area contributed by atoms with Gasteiger partial charge in [0.2, 0.25) is 0 Å². The Morgan fingerprint density at radius 2 is 1.88 bits per heavy atom. The van der Waals surface area contributed by atoms with Gasteiger partial charge in [-0.25, -0.2) is 0 Å². The highest BCUT2D eigenvalue weighted by Gasteiger charge is 2.11. The number of nitrogens with zero attached hydrogens (tertiary/aromatic N) is 2. The van der Waals surface area contributed by atoms with Gasteiger partial charge >= 0.3 is 0 Å². The highest BCUT2D eigenvalue weighted by molar-refractivity contribution is 7.71. The van der Waals surface area contributed by atoms with Crippen molar-refractivity contribution in [1.82, 2.24) is 9.66 Å². The molecule has 1 amide bonds. The molecule has 3 rings (SSSR count). The molecule has 1 heterocycles. The lowest BCUT2D eigenvalue weighted by molar-refractivity contribution is 0.101. The third-order valence-corrected chi connectivity index (χ3v) is 4.24. The molecule has 6 nitrogen and oxygen atoms in total. The van der Waals surface area contributed by atoms with Crippen LogP contribution in [0.1, 0.15) is 10.4 Å². The summed E-state index contributed by atoms with van der Waals surface area (Å²) in [5, 5.41) is 0.761. The molecule has 0 saturated heterocycles. The van der Waals surface area contributed by atoms with Crippen molar-refractivity contribution in [2.75, 3.05) is 24.4 Å². The molecule has 0 bridgehead atoms. The van der Waals surface area contributed by atoms with E-state index in [-0.39, 0.29) is 4.77 Å². The zero-order valence-corrected chi connectivity index (χ0v) is 15.1. The topological polar surface area (TPSA) is 70.1 Å². The highest BCUT2D eigenvalue weighted by Crippen LogP contribution is 2.15. The Kier molecular flexibility index (Phi) is 4.61. The number of hydrogen-bond donors (Lipinski definition) is 2. The molecular weight excluding hydrogens is 360 g/mol. The Morgan fingerprint density at radius 1 is 1.20 bits per heavy atom. The monoisotopic (exact) mass is 374 g/mol. The summed E-state index contributed by atoms with van der Waals surface area (Å²) in [5.74, 6) is -0.437. The number of H-pyrrole nitrogens is 1. The molecule has 0 saturated carbocycles. The fourth-order valence-corrected chi connectivity index (χ4v) is 2.78. The van der Waals surface area contributed by atoms with E-state index in [0.717, 1.165) is 10.4 Å². The maximum Gasteiger partial charge on any atom is 0.281 e. The predicted molar refractivity (Wildman–Crippen MR) is 103 cm³/mol. The van der Waals surface area contributed by atoms with Crippen LogP contribution in [0.4, 0.5) is 5.69 Å². The van der Waals surface area contributed by atoms with Crippen molar-refractivity contribution >= 4 is 46.3 Å². The molecule has 0 radical (unpaired) electrons. The molecule has 2 aromatic carbocycles. The van der Waals surface area contributed by atoms with Crippen molar-refractivity contribution in [1.29, 1.82) is 0 Å². The van der Waals surface area contributed by atoms with E-state index < -0.39 is 11.5 Å². The average molecular weight is 375 g/mol. The van der Waals surface area contributed by atoms with Crippen LogP contribution < -0.4 is 15.9 Å². The van der Waals surface area contributed by atoms with Crippen molar-refractivity contribution in [2.45, 2.75) is 0 Å². The van der Waals surface area contributed by atoms with E-state index in [1.54, 1.807) is 24.3 Å². The van der Waals surface area contributed by atoms with Crippen molar-refractivity contribution in [3.8, 4) is 0 Å². The Balaban J connectivity index is 1.98. The zero-order valence-electron chi connectivity index (χ0n) is 13.5. The molecule has 0 aliphatic carbocycles. The average Bonchev–Trinajstić information content (AvgIpc) is 2.59. The maximum absolute atomic E-state index is 12.6. The van der Waals surface area contributed by atoms with Gasteiger partial charge < -0.3 is 9.88 Å². The highest BCUT2D eigenvalue weighted by atomic mass is 35.5. The first-order valence-electron chi connectivity index (χ1n) is 7.40. The lowest BCUT2D eigenvalue weighted by atomic mass is 10.2. The van der Waals surface area contributed by atoms with E-state index in [4.69, 9.17) is 23.8 Å². The Morgan fingerprint density at radius 3 is 2.52 bits per heavy atom. The lowest BCUT2D eigenvalue weighted by Gasteiger charge is -2.13. The summed E-state index contributed by atoms with van der Waals surface area (Å²) in [6.07, 6.45) is 0. The number of rotatable bonds is 3. The Labute approximate surface area is 153 Å². The second-order valence-corrected chi connectivity index (χ2v) is 6.47. The number of halogens is 1. The molecule has 128 valence electrons. The summed E-state index contributed by atoms with van der Waals surface area (Å²) >= 11 is 11.1. The van der Waals surface area contributed by atoms with Gasteiger partial charge in [-0.3, -0.25) is 15.0 Å². The Bertz CT molecular complexity index is 1070. The Hall–Kier alpha value is -2.64. The van der Waals surface area contributed by atoms with Crippen molar-refractivity contribution < 1.29 is 4.79 Å². The minimum Gasteiger partial charge on any atom is -0.378 e. The van der Waals surface area contributed by atoms with Crippen LogP contribution in [0.5, 0.6) is 0 Å². The second-order valence-electron chi connectivity index (χ2n) is 5.64. The van der Waals surface area contributed by atoms with Gasteiger partial charge in [0.05, 0.1) is 10.9 Å². The van der Waals surface area contributed by atoms with Gasteiger partial charge in [0, 0.05) is 30.4 Å². The van der Waals surface area contributed by atoms with Crippen LogP contribution in [-0.2, 0) is 0 Å². The first-order chi connectivity index (χ1) is 11.9. The summed E-state index contributed by atoms with van der Waals surface area (Å²) in [4.78, 5) is 29.9. The van der Waals surface area contributed by atoms with E-state index >= 15 is 0 Å². The molecule has 25 heavy (non-hydrogen) atoms. The van der Waals surface area contributed by atoms with E-state index in [1.165, 1.54) is 6.07 Å². The summed E-state index contributed by atoms with van der Waals surface area (Å²) in [6, 6.07) is 11.8. The first kappa shape index (κ1) is 17.2. The number of carbonyl (C=O) groups excluding carboxylic acids is 1. The molecule has 3 aromatic rings. The second kappa shape index (κ2) is 6.70. The number of aromatic amines is 1. The van der Waals surface area contributed by atoms with Crippen LogP contribution in [0.25, 0.3) is 10.9 Å². The molecule has 1 aromatic heterocycles. The third-order valence-electron chi connectivity index (χ3n) is 3.72. The fourth-order valence-electron chi connectivity index (χ4n) is 2.36. The summed E-state index contributed by atoms with van der Waals surface area (Å²) in [5.41, 5.74) is 4.02. The minimum atomic E-state index is -0.445. The number of nitrogens with one attached hydrogen (secondary N) is 2. The number of anilines is 1. The van der Waals surface area contributed by atoms with Crippen molar-refractivity contribution in [2.24, 2.45) is 0 Å². The molecule has 8 heteroatoms. The standard InChI is InChI=1S/C17H15ClN4O2S/c1-21(2)12-6-3-10(4-7-12)15(23)20-22-16(24)13-9-11(18)5-8-14(13)19-17(22)25/h3-9H,1-2H3,(H,19,25)(H,20,23). The molecule has 0 aliphatic rings.